The topological polar surface area (TPSA) is 71.3 Å². The Hall–Kier alpha value is -2.73. The first-order valence-electron chi connectivity index (χ1n) is 10.3. The van der Waals surface area contributed by atoms with Crippen LogP contribution >= 0.6 is 45.8 Å². The van der Waals surface area contributed by atoms with Crippen LogP contribution in [0.15, 0.2) is 60.2 Å². The maximum absolute atomic E-state index is 12.7. The van der Waals surface area contributed by atoms with Gasteiger partial charge in [0.15, 0.2) is 11.5 Å². The van der Waals surface area contributed by atoms with E-state index in [1.54, 1.807) is 24.3 Å². The number of nitrogens with zero attached hydrogens (tertiary/aromatic N) is 1. The number of nitrogens with one attached hydrogen (secondary N) is 1. The summed E-state index contributed by atoms with van der Waals surface area (Å²) in [6.45, 7) is 4.45. The molecule has 0 heterocycles. The normalized spacial score (nSPS) is 11.0. The third-order valence-electron chi connectivity index (χ3n) is 4.77. The number of ether oxygens (including phenoxy) is 2. The van der Waals surface area contributed by atoms with E-state index in [4.69, 9.17) is 32.7 Å². The summed E-state index contributed by atoms with van der Waals surface area (Å²) in [4.78, 5) is 12.7. The highest BCUT2D eigenvalue weighted by atomic mass is 127. The summed E-state index contributed by atoms with van der Waals surface area (Å²) in [7, 11) is 0. The smallest absolute Gasteiger partial charge is 0.266 e. The predicted octanol–water partition coefficient (Wildman–Crippen LogP) is 7.43. The van der Waals surface area contributed by atoms with Crippen molar-refractivity contribution in [1.29, 1.82) is 5.26 Å². The molecule has 5 nitrogen and oxygen atoms in total. The van der Waals surface area contributed by atoms with Crippen molar-refractivity contribution in [3.05, 3.63) is 90.5 Å². The number of para-hydroxylation sites is 1. The fourth-order valence-corrected chi connectivity index (χ4v) is 4.18. The largest absolute Gasteiger partial charge is 0.490 e. The number of carbonyl (C=O) groups is 1. The monoisotopic (exact) mass is 606 g/mol. The Balaban J connectivity index is 1.86. The van der Waals surface area contributed by atoms with E-state index in [1.807, 2.05) is 50.2 Å². The highest BCUT2D eigenvalue weighted by Gasteiger charge is 2.15. The fourth-order valence-electron chi connectivity index (χ4n) is 3.08. The molecule has 0 aliphatic heterocycles. The molecule has 0 bridgehead atoms. The number of carbonyl (C=O) groups excluding carboxylic acids is 1. The minimum Gasteiger partial charge on any atom is -0.490 e. The van der Waals surface area contributed by atoms with E-state index in [0.717, 1.165) is 14.7 Å². The first-order chi connectivity index (χ1) is 16.3. The van der Waals surface area contributed by atoms with Gasteiger partial charge in [-0.05, 0) is 89.5 Å². The average Bonchev–Trinajstić information content (AvgIpc) is 2.80. The molecule has 0 spiro atoms. The van der Waals surface area contributed by atoms with Crippen molar-refractivity contribution in [2.45, 2.75) is 20.5 Å². The summed E-state index contributed by atoms with van der Waals surface area (Å²) in [5.41, 5.74) is 3.04. The van der Waals surface area contributed by atoms with E-state index in [9.17, 15) is 10.1 Å². The summed E-state index contributed by atoms with van der Waals surface area (Å²) in [5.74, 6) is 0.593. The van der Waals surface area contributed by atoms with Crippen LogP contribution in [-0.4, -0.2) is 12.5 Å². The summed E-state index contributed by atoms with van der Waals surface area (Å²) >= 11 is 14.2. The van der Waals surface area contributed by atoms with E-state index in [0.29, 0.717) is 39.4 Å². The molecule has 8 heteroatoms. The van der Waals surface area contributed by atoms with Crippen LogP contribution < -0.4 is 14.8 Å². The van der Waals surface area contributed by atoms with E-state index in [1.165, 1.54) is 6.08 Å². The first-order valence-corrected chi connectivity index (χ1v) is 12.2. The minimum absolute atomic E-state index is 0.0222. The second-order valence-electron chi connectivity index (χ2n) is 7.24. The van der Waals surface area contributed by atoms with E-state index >= 15 is 0 Å². The first kappa shape index (κ1) is 25.9. The molecule has 0 aromatic heterocycles. The van der Waals surface area contributed by atoms with Gasteiger partial charge in [0, 0.05) is 5.69 Å². The van der Waals surface area contributed by atoms with E-state index in [2.05, 4.69) is 27.9 Å². The van der Waals surface area contributed by atoms with Crippen LogP contribution in [-0.2, 0) is 11.4 Å². The Morgan fingerprint density at radius 2 is 1.88 bits per heavy atom. The zero-order chi connectivity index (χ0) is 24.7. The van der Waals surface area contributed by atoms with Gasteiger partial charge in [0.1, 0.15) is 18.2 Å². The zero-order valence-electron chi connectivity index (χ0n) is 18.5. The number of hydrogen-bond acceptors (Lipinski definition) is 4. The molecule has 0 radical (unpaired) electrons. The molecule has 3 rings (SSSR count). The lowest BCUT2D eigenvalue weighted by molar-refractivity contribution is -0.112. The third kappa shape index (κ3) is 6.66. The molecular formula is C26H21Cl2IN2O3. The van der Waals surface area contributed by atoms with Crippen molar-refractivity contribution in [2.24, 2.45) is 0 Å². The van der Waals surface area contributed by atoms with Gasteiger partial charge in [-0.25, -0.2) is 0 Å². The molecule has 0 saturated carbocycles. The number of hydrogen-bond donors (Lipinski definition) is 1. The third-order valence-corrected chi connectivity index (χ3v) is 6.31. The van der Waals surface area contributed by atoms with Crippen LogP contribution in [0.25, 0.3) is 6.08 Å². The van der Waals surface area contributed by atoms with Gasteiger partial charge in [-0.1, -0.05) is 47.5 Å². The molecule has 1 amide bonds. The van der Waals surface area contributed by atoms with Gasteiger partial charge in [0.05, 0.1) is 20.2 Å². The number of amides is 1. The Labute approximate surface area is 222 Å². The number of benzene rings is 3. The van der Waals surface area contributed by atoms with Crippen molar-refractivity contribution in [1.82, 2.24) is 0 Å². The van der Waals surface area contributed by atoms with Gasteiger partial charge in [0.2, 0.25) is 0 Å². The van der Waals surface area contributed by atoms with Gasteiger partial charge >= 0.3 is 0 Å². The number of anilines is 1. The van der Waals surface area contributed by atoms with Crippen LogP contribution in [0.1, 0.15) is 23.6 Å². The summed E-state index contributed by atoms with van der Waals surface area (Å²) in [5, 5.41) is 13.3. The fraction of sp³-hybridized carbons (Fsp3) is 0.154. The van der Waals surface area contributed by atoms with Gasteiger partial charge in [0.25, 0.3) is 5.91 Å². The molecule has 0 atom stereocenters. The van der Waals surface area contributed by atoms with Crippen molar-refractivity contribution in [3.8, 4) is 17.6 Å². The Kier molecular flexibility index (Phi) is 9.22. The van der Waals surface area contributed by atoms with Crippen LogP contribution in [0.4, 0.5) is 5.69 Å². The van der Waals surface area contributed by atoms with Gasteiger partial charge in [-0.3, -0.25) is 4.79 Å². The minimum atomic E-state index is -0.482. The van der Waals surface area contributed by atoms with Crippen LogP contribution in [0.3, 0.4) is 0 Å². The van der Waals surface area contributed by atoms with E-state index in [-0.39, 0.29) is 12.2 Å². The summed E-state index contributed by atoms with van der Waals surface area (Å²) in [6.07, 6.45) is 1.53. The number of nitriles is 1. The van der Waals surface area contributed by atoms with Crippen molar-refractivity contribution in [2.75, 3.05) is 11.9 Å². The molecule has 1 N–H and O–H groups in total. The highest BCUT2D eigenvalue weighted by Crippen LogP contribution is 2.36. The second-order valence-corrected chi connectivity index (χ2v) is 9.22. The Morgan fingerprint density at radius 3 is 2.56 bits per heavy atom. The molecular weight excluding hydrogens is 586 g/mol. The van der Waals surface area contributed by atoms with Gasteiger partial charge < -0.3 is 14.8 Å². The van der Waals surface area contributed by atoms with Crippen molar-refractivity contribution in [3.63, 3.8) is 0 Å². The predicted molar refractivity (Wildman–Crippen MR) is 145 cm³/mol. The van der Waals surface area contributed by atoms with Crippen LogP contribution in [0, 0.1) is 21.8 Å². The molecule has 0 saturated heterocycles. The molecule has 174 valence electrons. The number of halogens is 3. The lowest BCUT2D eigenvalue weighted by Gasteiger charge is -2.15. The highest BCUT2D eigenvalue weighted by molar-refractivity contribution is 14.1. The molecule has 0 aliphatic rings. The second kappa shape index (κ2) is 12.1. The average molecular weight is 607 g/mol. The lowest BCUT2D eigenvalue weighted by atomic mass is 10.1. The lowest BCUT2D eigenvalue weighted by Crippen LogP contribution is -2.14. The molecule has 34 heavy (non-hydrogen) atoms. The van der Waals surface area contributed by atoms with Gasteiger partial charge in [-0.15, -0.1) is 0 Å². The molecule has 0 aliphatic carbocycles. The molecule has 3 aromatic carbocycles. The molecule has 3 aromatic rings. The number of rotatable bonds is 8. The molecule has 0 unspecified atom stereocenters. The van der Waals surface area contributed by atoms with Crippen LogP contribution in [0.2, 0.25) is 10.0 Å². The Morgan fingerprint density at radius 1 is 1.12 bits per heavy atom. The van der Waals surface area contributed by atoms with Crippen molar-refractivity contribution < 1.29 is 14.3 Å². The zero-order valence-corrected chi connectivity index (χ0v) is 22.2. The van der Waals surface area contributed by atoms with Crippen LogP contribution in [0.5, 0.6) is 11.5 Å². The van der Waals surface area contributed by atoms with Crippen molar-refractivity contribution >= 4 is 63.5 Å². The SMILES string of the molecule is CCOc1cc(/C=C(\C#N)C(=O)Nc2ccccc2C)cc(I)c1OCc1ccc(Cl)c(Cl)c1. The quantitative estimate of drug-likeness (QED) is 0.164. The molecule has 0 fully saturated rings. The summed E-state index contributed by atoms with van der Waals surface area (Å²) in [6, 6.07) is 18.2. The maximum Gasteiger partial charge on any atom is 0.266 e. The standard InChI is InChI=1S/C26H21Cl2IN2O3/c1-3-33-24-13-18(10-19(14-30)26(32)31-23-7-5-4-6-16(23)2)12-22(29)25(24)34-15-17-8-9-20(27)21(28)11-17/h4-13H,3,15H2,1-2H3,(H,31,32)/b19-10+. The maximum atomic E-state index is 12.7. The summed E-state index contributed by atoms with van der Waals surface area (Å²) < 4.78 is 12.6. The van der Waals surface area contributed by atoms with Gasteiger partial charge in [-0.2, -0.15) is 5.26 Å². The number of aryl methyl sites for hydroxylation is 1. The van der Waals surface area contributed by atoms with E-state index < -0.39 is 5.91 Å². The Bertz CT molecular complexity index is 1290.